The van der Waals surface area contributed by atoms with Crippen LogP contribution in [0.15, 0.2) is 58.7 Å². The summed E-state index contributed by atoms with van der Waals surface area (Å²) in [7, 11) is 0. The molecule has 0 aliphatic heterocycles. The number of halogens is 1. The molecule has 0 heterocycles. The van der Waals surface area contributed by atoms with Crippen molar-refractivity contribution in [3.63, 3.8) is 0 Å². The molecule has 2 N–H and O–H groups in total. The molecule has 128 valence electrons. The van der Waals surface area contributed by atoms with E-state index in [2.05, 4.69) is 26.6 Å². The maximum Gasteiger partial charge on any atom is 0.267 e. The average molecular weight is 400 g/mol. The molecule has 0 radical (unpaired) electrons. The van der Waals surface area contributed by atoms with Crippen molar-refractivity contribution >= 4 is 33.2 Å². The van der Waals surface area contributed by atoms with Gasteiger partial charge in [0.15, 0.2) is 0 Å². The third-order valence-corrected chi connectivity index (χ3v) is 3.94. The Bertz CT molecular complexity index is 824. The van der Waals surface area contributed by atoms with E-state index >= 15 is 0 Å². The number of nitriles is 1. The van der Waals surface area contributed by atoms with Gasteiger partial charge in [-0.15, -0.1) is 0 Å². The summed E-state index contributed by atoms with van der Waals surface area (Å²) in [4.78, 5) is 12.2. The molecule has 2 aromatic carbocycles. The number of carbonyl (C=O) groups is 1. The Morgan fingerprint density at radius 3 is 2.60 bits per heavy atom. The zero-order valence-electron chi connectivity index (χ0n) is 14.0. The van der Waals surface area contributed by atoms with Gasteiger partial charge in [-0.3, -0.25) is 4.79 Å². The molecule has 0 atom stereocenters. The van der Waals surface area contributed by atoms with Crippen LogP contribution in [0, 0.1) is 18.3 Å². The van der Waals surface area contributed by atoms with Crippen LogP contribution >= 0.6 is 15.9 Å². The minimum absolute atomic E-state index is 0.0265. The summed E-state index contributed by atoms with van der Waals surface area (Å²) >= 11 is 3.44. The van der Waals surface area contributed by atoms with Crippen LogP contribution < -0.4 is 15.4 Å². The van der Waals surface area contributed by atoms with Crippen LogP contribution in [0.2, 0.25) is 0 Å². The van der Waals surface area contributed by atoms with Crippen molar-refractivity contribution in [3.8, 4) is 11.8 Å². The second-order valence-corrected chi connectivity index (χ2v) is 6.06. The van der Waals surface area contributed by atoms with Gasteiger partial charge in [0.05, 0.1) is 12.3 Å². The molecule has 2 rings (SSSR count). The van der Waals surface area contributed by atoms with E-state index in [1.807, 2.05) is 38.1 Å². The number of benzene rings is 2. The first-order valence-corrected chi connectivity index (χ1v) is 8.50. The fraction of sp³-hybridized carbons (Fsp3) is 0.158. The first-order valence-electron chi connectivity index (χ1n) is 7.70. The Balaban J connectivity index is 2.06. The Morgan fingerprint density at radius 2 is 2.00 bits per heavy atom. The number of anilines is 2. The summed E-state index contributed by atoms with van der Waals surface area (Å²) in [5.74, 6) is 0.241. The van der Waals surface area contributed by atoms with Crippen molar-refractivity contribution in [2.45, 2.75) is 13.8 Å². The number of carbonyl (C=O) groups excluding carboxylic acids is 1. The number of hydrogen-bond acceptors (Lipinski definition) is 4. The van der Waals surface area contributed by atoms with E-state index < -0.39 is 5.91 Å². The normalized spacial score (nSPS) is 10.7. The summed E-state index contributed by atoms with van der Waals surface area (Å²) in [5.41, 5.74) is 2.44. The molecule has 0 aromatic heterocycles. The number of aryl methyl sites for hydroxylation is 1. The predicted molar refractivity (Wildman–Crippen MR) is 102 cm³/mol. The lowest BCUT2D eigenvalue weighted by Crippen LogP contribution is -2.14. The Kier molecular flexibility index (Phi) is 6.61. The molecule has 6 heteroatoms. The standard InChI is InChI=1S/C19H18BrN3O2/c1-3-25-16-7-5-15(6-8-16)23-19(24)14(11-21)12-22-18-9-4-13(2)10-17(18)20/h4-10,12,22H,3H2,1-2H3,(H,23,24)/b14-12-. The molecule has 0 spiro atoms. The number of nitrogens with one attached hydrogen (secondary N) is 2. The molecule has 0 aliphatic rings. The lowest BCUT2D eigenvalue weighted by atomic mass is 10.2. The highest BCUT2D eigenvalue weighted by atomic mass is 79.9. The summed E-state index contributed by atoms with van der Waals surface area (Å²) in [6.07, 6.45) is 1.39. The molecule has 0 bridgehead atoms. The van der Waals surface area contributed by atoms with Crippen LogP contribution in [0.5, 0.6) is 5.75 Å². The smallest absolute Gasteiger partial charge is 0.267 e. The molecule has 0 saturated heterocycles. The molecule has 0 fully saturated rings. The van der Waals surface area contributed by atoms with E-state index in [1.54, 1.807) is 24.3 Å². The van der Waals surface area contributed by atoms with Crippen molar-refractivity contribution in [2.24, 2.45) is 0 Å². The molecule has 1 amide bonds. The first kappa shape index (κ1) is 18.6. The monoisotopic (exact) mass is 399 g/mol. The van der Waals surface area contributed by atoms with Crippen molar-refractivity contribution in [3.05, 3.63) is 64.3 Å². The minimum Gasteiger partial charge on any atom is -0.494 e. The number of amides is 1. The van der Waals surface area contributed by atoms with Crippen molar-refractivity contribution < 1.29 is 9.53 Å². The van der Waals surface area contributed by atoms with Gasteiger partial charge in [-0.1, -0.05) is 6.07 Å². The first-order chi connectivity index (χ1) is 12.0. The highest BCUT2D eigenvalue weighted by molar-refractivity contribution is 9.10. The lowest BCUT2D eigenvalue weighted by molar-refractivity contribution is -0.112. The Hall–Kier alpha value is -2.78. The van der Waals surface area contributed by atoms with Gasteiger partial charge in [0.1, 0.15) is 17.4 Å². The highest BCUT2D eigenvalue weighted by Crippen LogP contribution is 2.23. The molecule has 25 heavy (non-hydrogen) atoms. The molecule has 0 unspecified atom stereocenters. The third kappa shape index (κ3) is 5.37. The van der Waals surface area contributed by atoms with E-state index in [0.717, 1.165) is 21.5 Å². The van der Waals surface area contributed by atoms with Gasteiger partial charge < -0.3 is 15.4 Å². The molecule has 5 nitrogen and oxygen atoms in total. The van der Waals surface area contributed by atoms with Gasteiger partial charge in [0.25, 0.3) is 5.91 Å². The lowest BCUT2D eigenvalue weighted by Gasteiger charge is -2.08. The fourth-order valence-corrected chi connectivity index (χ4v) is 2.64. The summed E-state index contributed by atoms with van der Waals surface area (Å²) in [5, 5.41) is 14.9. The Morgan fingerprint density at radius 1 is 1.28 bits per heavy atom. The summed E-state index contributed by atoms with van der Waals surface area (Å²) < 4.78 is 6.21. The van der Waals surface area contributed by atoms with Gasteiger partial charge in [0.2, 0.25) is 0 Å². The van der Waals surface area contributed by atoms with Crippen LogP contribution in [0.1, 0.15) is 12.5 Å². The maximum absolute atomic E-state index is 12.2. The van der Waals surface area contributed by atoms with Crippen LogP contribution in [0.3, 0.4) is 0 Å². The van der Waals surface area contributed by atoms with Gasteiger partial charge in [0, 0.05) is 16.4 Å². The highest BCUT2D eigenvalue weighted by Gasteiger charge is 2.10. The topological polar surface area (TPSA) is 74.1 Å². The van der Waals surface area contributed by atoms with Crippen molar-refractivity contribution in [1.29, 1.82) is 5.26 Å². The summed E-state index contributed by atoms with van der Waals surface area (Å²) in [6.45, 7) is 4.46. The van der Waals surface area contributed by atoms with E-state index in [0.29, 0.717) is 12.3 Å². The quantitative estimate of drug-likeness (QED) is 0.549. The number of ether oxygens (including phenoxy) is 1. The van der Waals surface area contributed by atoms with Crippen LogP contribution in [-0.2, 0) is 4.79 Å². The molecular weight excluding hydrogens is 382 g/mol. The van der Waals surface area contributed by atoms with Crippen LogP contribution in [0.25, 0.3) is 0 Å². The number of hydrogen-bond donors (Lipinski definition) is 2. The van der Waals surface area contributed by atoms with Gasteiger partial charge >= 0.3 is 0 Å². The van der Waals surface area contributed by atoms with Crippen LogP contribution in [0.4, 0.5) is 11.4 Å². The van der Waals surface area contributed by atoms with Crippen molar-refractivity contribution in [1.82, 2.24) is 0 Å². The number of nitrogens with zero attached hydrogens (tertiary/aromatic N) is 1. The second-order valence-electron chi connectivity index (χ2n) is 5.21. The van der Waals surface area contributed by atoms with Gasteiger partial charge in [-0.25, -0.2) is 0 Å². The van der Waals surface area contributed by atoms with Gasteiger partial charge in [-0.05, 0) is 71.7 Å². The van der Waals surface area contributed by atoms with E-state index in [1.165, 1.54) is 6.20 Å². The minimum atomic E-state index is -0.484. The average Bonchev–Trinajstić information content (AvgIpc) is 2.59. The Labute approximate surface area is 155 Å². The van der Waals surface area contributed by atoms with Gasteiger partial charge in [-0.2, -0.15) is 5.26 Å². The fourth-order valence-electron chi connectivity index (χ4n) is 2.04. The maximum atomic E-state index is 12.2. The largest absolute Gasteiger partial charge is 0.494 e. The van der Waals surface area contributed by atoms with E-state index in [9.17, 15) is 10.1 Å². The molecule has 2 aromatic rings. The third-order valence-electron chi connectivity index (χ3n) is 3.28. The van der Waals surface area contributed by atoms with E-state index in [4.69, 9.17) is 4.74 Å². The summed E-state index contributed by atoms with van der Waals surface area (Å²) in [6, 6.07) is 14.6. The van der Waals surface area contributed by atoms with Crippen LogP contribution in [-0.4, -0.2) is 12.5 Å². The molecule has 0 aliphatic carbocycles. The van der Waals surface area contributed by atoms with Crippen molar-refractivity contribution in [2.75, 3.05) is 17.2 Å². The molecule has 0 saturated carbocycles. The van der Waals surface area contributed by atoms with E-state index in [-0.39, 0.29) is 5.57 Å². The SMILES string of the molecule is CCOc1ccc(NC(=O)/C(C#N)=C\Nc2ccc(C)cc2Br)cc1. The zero-order valence-corrected chi connectivity index (χ0v) is 15.6. The number of rotatable bonds is 6. The molecular formula is C19H18BrN3O2. The zero-order chi connectivity index (χ0) is 18.2. The second kappa shape index (κ2) is 8.90. The predicted octanol–water partition coefficient (Wildman–Crippen LogP) is 4.61.